The van der Waals surface area contributed by atoms with E-state index >= 15 is 0 Å². The van der Waals surface area contributed by atoms with Gasteiger partial charge in [0, 0.05) is 19.6 Å². The van der Waals surface area contributed by atoms with Gasteiger partial charge in [0.25, 0.3) is 0 Å². The molecular weight excluding hydrogens is 304 g/mol. The molecule has 2 fully saturated rings. The smallest absolute Gasteiger partial charge is 0.239 e. The van der Waals surface area contributed by atoms with E-state index in [1.54, 1.807) is 7.11 Å². The highest BCUT2D eigenvalue weighted by Gasteiger charge is 2.32. The fraction of sp³-hybridized carbons (Fsp3) is 0.632. The molecule has 2 saturated heterocycles. The first kappa shape index (κ1) is 17.2. The Hall–Kier alpha value is -1.59. The number of nitrogens with zero attached hydrogens (tertiary/aromatic N) is 1. The van der Waals surface area contributed by atoms with E-state index in [0.29, 0.717) is 18.9 Å². The Labute approximate surface area is 144 Å². The standard InChI is InChI=1S/C19H28N2O3/c1-24-17-6-4-14(5-7-17)2-3-15-8-10-21(11-9-15)19(23)18-12-16(22)13-20-18/h4-7,15-16,18,20,22H,2-3,8-13H2,1H3/t16-,18-/m0/s1. The first-order chi connectivity index (χ1) is 11.7. The minimum absolute atomic E-state index is 0.167. The van der Waals surface area contributed by atoms with Crippen molar-refractivity contribution in [2.24, 2.45) is 5.92 Å². The van der Waals surface area contributed by atoms with Gasteiger partial charge in [-0.15, -0.1) is 0 Å². The van der Waals surface area contributed by atoms with Crippen molar-refractivity contribution in [2.75, 3.05) is 26.7 Å². The number of carbonyl (C=O) groups excluding carboxylic acids is 1. The summed E-state index contributed by atoms with van der Waals surface area (Å²) in [5.74, 6) is 1.76. The van der Waals surface area contributed by atoms with Gasteiger partial charge in [0.15, 0.2) is 0 Å². The van der Waals surface area contributed by atoms with Crippen molar-refractivity contribution < 1.29 is 14.6 Å². The average Bonchev–Trinajstić information content (AvgIpc) is 3.06. The maximum Gasteiger partial charge on any atom is 0.239 e. The zero-order valence-electron chi connectivity index (χ0n) is 14.4. The summed E-state index contributed by atoms with van der Waals surface area (Å²) in [6, 6.07) is 8.11. The molecule has 0 radical (unpaired) electrons. The molecule has 1 amide bonds. The zero-order chi connectivity index (χ0) is 16.9. The third-order valence-corrected chi connectivity index (χ3v) is 5.33. The molecule has 2 atom stereocenters. The van der Waals surface area contributed by atoms with E-state index in [-0.39, 0.29) is 18.1 Å². The predicted octanol–water partition coefficient (Wildman–Crippen LogP) is 1.59. The van der Waals surface area contributed by atoms with Gasteiger partial charge in [-0.05, 0) is 55.7 Å². The van der Waals surface area contributed by atoms with Crippen LogP contribution in [0.1, 0.15) is 31.2 Å². The molecule has 0 spiro atoms. The number of ether oxygens (including phenoxy) is 1. The van der Waals surface area contributed by atoms with Gasteiger partial charge in [0.1, 0.15) is 5.75 Å². The number of hydrogen-bond donors (Lipinski definition) is 2. The Balaban J connectivity index is 1.41. The van der Waals surface area contributed by atoms with Gasteiger partial charge in [0.2, 0.25) is 5.91 Å². The highest BCUT2D eigenvalue weighted by Crippen LogP contribution is 2.24. The number of hydrogen-bond acceptors (Lipinski definition) is 4. The quantitative estimate of drug-likeness (QED) is 0.860. The molecular formula is C19H28N2O3. The average molecular weight is 332 g/mol. The van der Waals surface area contributed by atoms with Crippen LogP contribution in [0.4, 0.5) is 0 Å². The Kier molecular flexibility index (Phi) is 5.74. The number of amides is 1. The number of carbonyl (C=O) groups is 1. The molecule has 5 heteroatoms. The lowest BCUT2D eigenvalue weighted by molar-refractivity contribution is -0.134. The van der Waals surface area contributed by atoms with Crippen molar-refractivity contribution in [3.63, 3.8) is 0 Å². The summed E-state index contributed by atoms with van der Waals surface area (Å²) in [7, 11) is 1.69. The Morgan fingerprint density at radius 3 is 2.58 bits per heavy atom. The molecule has 2 aliphatic rings. The second kappa shape index (κ2) is 7.99. The Morgan fingerprint density at radius 1 is 1.29 bits per heavy atom. The number of piperidine rings is 1. The summed E-state index contributed by atoms with van der Waals surface area (Å²) < 4.78 is 5.19. The van der Waals surface area contributed by atoms with Gasteiger partial charge in [-0.25, -0.2) is 0 Å². The topological polar surface area (TPSA) is 61.8 Å². The number of rotatable bonds is 5. The number of methoxy groups -OCH3 is 1. The molecule has 1 aromatic carbocycles. The summed E-state index contributed by atoms with van der Waals surface area (Å²) in [6.07, 6.45) is 4.60. The lowest BCUT2D eigenvalue weighted by Crippen LogP contribution is -2.47. The first-order valence-corrected chi connectivity index (χ1v) is 8.99. The largest absolute Gasteiger partial charge is 0.497 e. The number of aliphatic hydroxyl groups is 1. The van der Waals surface area contributed by atoms with E-state index < -0.39 is 0 Å². The van der Waals surface area contributed by atoms with E-state index in [9.17, 15) is 9.90 Å². The number of likely N-dealkylation sites (tertiary alicyclic amines) is 1. The van der Waals surface area contributed by atoms with Crippen molar-refractivity contribution in [1.29, 1.82) is 0 Å². The van der Waals surface area contributed by atoms with Crippen LogP contribution < -0.4 is 10.1 Å². The maximum atomic E-state index is 12.4. The van der Waals surface area contributed by atoms with E-state index in [1.807, 2.05) is 17.0 Å². The van der Waals surface area contributed by atoms with Crippen molar-refractivity contribution in [3.05, 3.63) is 29.8 Å². The number of β-amino-alcohol motifs (C(OH)–C–C–N with tert-alkyl or cyclic N) is 1. The molecule has 0 bridgehead atoms. The van der Waals surface area contributed by atoms with E-state index in [4.69, 9.17) is 4.74 Å². The monoisotopic (exact) mass is 332 g/mol. The minimum atomic E-state index is -0.374. The van der Waals surface area contributed by atoms with Gasteiger partial charge in [0.05, 0.1) is 19.3 Å². The summed E-state index contributed by atoms with van der Waals surface area (Å²) in [4.78, 5) is 14.4. The molecule has 1 aromatic rings. The van der Waals surface area contributed by atoms with Crippen LogP contribution in [0.15, 0.2) is 24.3 Å². The predicted molar refractivity (Wildman–Crippen MR) is 93.0 cm³/mol. The number of nitrogens with one attached hydrogen (secondary N) is 1. The van der Waals surface area contributed by atoms with E-state index in [0.717, 1.165) is 38.1 Å². The molecule has 5 nitrogen and oxygen atoms in total. The Bertz CT molecular complexity index is 538. The molecule has 0 aliphatic carbocycles. The molecule has 0 aromatic heterocycles. The van der Waals surface area contributed by atoms with Crippen LogP contribution >= 0.6 is 0 Å². The number of aryl methyl sites for hydroxylation is 1. The molecule has 132 valence electrons. The first-order valence-electron chi connectivity index (χ1n) is 8.99. The van der Waals surface area contributed by atoms with E-state index in [2.05, 4.69) is 17.4 Å². The zero-order valence-corrected chi connectivity index (χ0v) is 14.4. The lowest BCUT2D eigenvalue weighted by Gasteiger charge is -2.33. The molecule has 0 saturated carbocycles. The fourth-order valence-electron chi connectivity index (χ4n) is 3.73. The second-order valence-electron chi connectivity index (χ2n) is 7.01. The lowest BCUT2D eigenvalue weighted by atomic mass is 9.90. The van der Waals surface area contributed by atoms with Crippen LogP contribution in [-0.2, 0) is 11.2 Å². The molecule has 3 rings (SSSR count). The highest BCUT2D eigenvalue weighted by atomic mass is 16.5. The van der Waals surface area contributed by atoms with Gasteiger partial charge in [-0.1, -0.05) is 12.1 Å². The molecule has 0 unspecified atom stereocenters. The van der Waals surface area contributed by atoms with Gasteiger partial charge < -0.3 is 20.1 Å². The number of benzene rings is 1. The third-order valence-electron chi connectivity index (χ3n) is 5.33. The minimum Gasteiger partial charge on any atom is -0.497 e. The second-order valence-corrected chi connectivity index (χ2v) is 7.01. The van der Waals surface area contributed by atoms with Crippen molar-refractivity contribution in [3.8, 4) is 5.75 Å². The fourth-order valence-corrected chi connectivity index (χ4v) is 3.73. The highest BCUT2D eigenvalue weighted by molar-refractivity contribution is 5.82. The number of aliphatic hydroxyl groups excluding tert-OH is 1. The van der Waals surface area contributed by atoms with Crippen LogP contribution in [0, 0.1) is 5.92 Å². The summed E-state index contributed by atoms with van der Waals surface area (Å²) >= 11 is 0. The normalized spacial score (nSPS) is 25.0. The summed E-state index contributed by atoms with van der Waals surface area (Å²) in [6.45, 7) is 2.23. The van der Waals surface area contributed by atoms with Crippen molar-refractivity contribution >= 4 is 5.91 Å². The van der Waals surface area contributed by atoms with Crippen LogP contribution in [0.25, 0.3) is 0 Å². The van der Waals surface area contributed by atoms with Crippen LogP contribution in [-0.4, -0.2) is 54.8 Å². The van der Waals surface area contributed by atoms with Crippen molar-refractivity contribution in [2.45, 2.75) is 44.2 Å². The molecule has 2 aliphatic heterocycles. The SMILES string of the molecule is COc1ccc(CCC2CCN(C(=O)[C@@H]3C[C@H](O)CN3)CC2)cc1. The van der Waals surface area contributed by atoms with Crippen LogP contribution in [0.2, 0.25) is 0 Å². The summed E-state index contributed by atoms with van der Waals surface area (Å²) in [5.41, 5.74) is 1.35. The molecule has 2 heterocycles. The van der Waals surface area contributed by atoms with Gasteiger partial charge >= 0.3 is 0 Å². The molecule has 2 N–H and O–H groups in total. The van der Waals surface area contributed by atoms with Gasteiger partial charge in [-0.2, -0.15) is 0 Å². The van der Waals surface area contributed by atoms with E-state index in [1.165, 1.54) is 12.0 Å². The van der Waals surface area contributed by atoms with Crippen LogP contribution in [0.3, 0.4) is 0 Å². The maximum absolute atomic E-state index is 12.4. The van der Waals surface area contributed by atoms with Crippen LogP contribution in [0.5, 0.6) is 5.75 Å². The van der Waals surface area contributed by atoms with Gasteiger partial charge in [-0.3, -0.25) is 4.79 Å². The third kappa shape index (κ3) is 4.28. The van der Waals surface area contributed by atoms with Crippen molar-refractivity contribution in [1.82, 2.24) is 10.2 Å². The molecule has 24 heavy (non-hydrogen) atoms. The Morgan fingerprint density at radius 2 is 2.00 bits per heavy atom. The summed E-state index contributed by atoms with van der Waals surface area (Å²) in [5, 5.41) is 12.7.